The van der Waals surface area contributed by atoms with E-state index in [1.807, 2.05) is 4.90 Å². The van der Waals surface area contributed by atoms with Crippen LogP contribution in [-0.4, -0.2) is 88.7 Å². The fraction of sp³-hybridized carbons (Fsp3) is 0.909. The lowest BCUT2D eigenvalue weighted by Crippen LogP contribution is -2.66. The average molecular weight is 259 g/mol. The third-order valence-corrected chi connectivity index (χ3v) is 4.08. The summed E-state index contributed by atoms with van der Waals surface area (Å²) in [6.45, 7) is 1.14. The molecule has 2 saturated heterocycles. The SMILES string of the molecule is CNC(=O)N(C)[C@H]1CN2CC[C@H](O)[C@@H]2[C@@H](O)[C@@H]1O. The smallest absolute Gasteiger partial charge is 0.317 e. The molecule has 4 N–H and O–H groups in total. The van der Waals surface area contributed by atoms with Gasteiger partial charge in [0.25, 0.3) is 0 Å². The van der Waals surface area contributed by atoms with Crippen LogP contribution in [0.5, 0.6) is 0 Å². The second kappa shape index (κ2) is 5.00. The van der Waals surface area contributed by atoms with Gasteiger partial charge in [-0.1, -0.05) is 0 Å². The van der Waals surface area contributed by atoms with E-state index in [0.717, 1.165) is 0 Å². The van der Waals surface area contributed by atoms with Crippen LogP contribution in [0.3, 0.4) is 0 Å². The van der Waals surface area contributed by atoms with Crippen molar-refractivity contribution in [1.29, 1.82) is 0 Å². The van der Waals surface area contributed by atoms with Gasteiger partial charge in [0.15, 0.2) is 0 Å². The monoisotopic (exact) mass is 259 g/mol. The number of rotatable bonds is 1. The first kappa shape index (κ1) is 13.5. The highest BCUT2D eigenvalue weighted by Gasteiger charge is 2.49. The van der Waals surface area contributed by atoms with Crippen molar-refractivity contribution in [3.63, 3.8) is 0 Å². The summed E-state index contributed by atoms with van der Waals surface area (Å²) < 4.78 is 0. The van der Waals surface area contributed by atoms with Crippen LogP contribution < -0.4 is 5.32 Å². The zero-order chi connectivity index (χ0) is 13.4. The molecular weight excluding hydrogens is 238 g/mol. The molecule has 2 rings (SSSR count). The summed E-state index contributed by atoms with van der Waals surface area (Å²) in [6, 6.07) is -1.19. The quantitative estimate of drug-likeness (QED) is 0.428. The molecule has 0 aromatic heterocycles. The van der Waals surface area contributed by atoms with Crippen molar-refractivity contribution in [2.75, 3.05) is 27.2 Å². The van der Waals surface area contributed by atoms with Gasteiger partial charge in [-0.15, -0.1) is 0 Å². The van der Waals surface area contributed by atoms with Crippen molar-refractivity contribution in [3.05, 3.63) is 0 Å². The number of aliphatic hydroxyl groups is 3. The van der Waals surface area contributed by atoms with Gasteiger partial charge in [0.2, 0.25) is 0 Å². The number of piperidine rings is 1. The number of hydrogen-bond acceptors (Lipinski definition) is 5. The Morgan fingerprint density at radius 3 is 2.61 bits per heavy atom. The Kier molecular flexibility index (Phi) is 3.76. The van der Waals surface area contributed by atoms with Crippen molar-refractivity contribution < 1.29 is 20.1 Å². The molecule has 2 aliphatic heterocycles. The summed E-state index contributed by atoms with van der Waals surface area (Å²) in [4.78, 5) is 14.9. The first-order valence-electron chi connectivity index (χ1n) is 6.20. The van der Waals surface area contributed by atoms with E-state index >= 15 is 0 Å². The molecule has 2 heterocycles. The first-order chi connectivity index (χ1) is 8.47. The number of carbonyl (C=O) groups excluding carboxylic acids is 1. The molecule has 0 aliphatic carbocycles. The van der Waals surface area contributed by atoms with Gasteiger partial charge in [-0.2, -0.15) is 0 Å². The molecule has 104 valence electrons. The number of amides is 2. The molecule has 0 bridgehead atoms. The van der Waals surface area contributed by atoms with Gasteiger partial charge in [0, 0.05) is 27.2 Å². The van der Waals surface area contributed by atoms with Crippen molar-refractivity contribution in [2.45, 2.75) is 36.8 Å². The Morgan fingerprint density at radius 2 is 2.00 bits per heavy atom. The number of urea groups is 1. The van der Waals surface area contributed by atoms with Gasteiger partial charge < -0.3 is 25.5 Å². The third-order valence-electron chi connectivity index (χ3n) is 4.08. The van der Waals surface area contributed by atoms with Gasteiger partial charge in [-0.3, -0.25) is 4.90 Å². The van der Waals surface area contributed by atoms with E-state index in [4.69, 9.17) is 0 Å². The van der Waals surface area contributed by atoms with E-state index in [2.05, 4.69) is 5.32 Å². The maximum atomic E-state index is 11.6. The van der Waals surface area contributed by atoms with Gasteiger partial charge in [0.1, 0.15) is 6.10 Å². The summed E-state index contributed by atoms with van der Waals surface area (Å²) in [6.07, 6.45) is -2.10. The number of hydrogen-bond donors (Lipinski definition) is 4. The normalized spacial score (nSPS) is 40.4. The van der Waals surface area contributed by atoms with Crippen LogP contribution in [0.25, 0.3) is 0 Å². The number of fused-ring (bicyclic) bond motifs is 1. The van der Waals surface area contributed by atoms with Crippen LogP contribution in [0.1, 0.15) is 6.42 Å². The highest BCUT2D eigenvalue weighted by atomic mass is 16.3. The Labute approximate surface area is 106 Å². The van der Waals surface area contributed by atoms with E-state index in [1.165, 1.54) is 11.9 Å². The Bertz CT molecular complexity index is 327. The molecule has 2 amide bonds. The van der Waals surface area contributed by atoms with Crippen molar-refractivity contribution >= 4 is 6.03 Å². The second-order valence-corrected chi connectivity index (χ2v) is 5.06. The summed E-state index contributed by atoms with van der Waals surface area (Å²) >= 11 is 0. The van der Waals surface area contributed by atoms with Crippen LogP contribution >= 0.6 is 0 Å². The molecule has 2 aliphatic rings. The fourth-order valence-electron chi connectivity index (χ4n) is 2.97. The summed E-state index contributed by atoms with van der Waals surface area (Å²) in [5.41, 5.74) is 0. The number of likely N-dealkylation sites (N-methyl/N-ethyl adjacent to an activating group) is 1. The van der Waals surface area contributed by atoms with Gasteiger partial charge >= 0.3 is 6.03 Å². The summed E-state index contributed by atoms with van der Waals surface area (Å²) in [5, 5.41) is 32.5. The minimum Gasteiger partial charge on any atom is -0.391 e. The highest BCUT2D eigenvalue weighted by Crippen LogP contribution is 2.29. The lowest BCUT2D eigenvalue weighted by atomic mass is 9.91. The fourth-order valence-corrected chi connectivity index (χ4v) is 2.97. The Balaban J connectivity index is 2.13. The van der Waals surface area contributed by atoms with E-state index in [-0.39, 0.29) is 6.03 Å². The summed E-state index contributed by atoms with van der Waals surface area (Å²) in [5.74, 6) is 0. The molecule has 0 aromatic rings. The minimum atomic E-state index is -1.04. The maximum Gasteiger partial charge on any atom is 0.317 e. The zero-order valence-corrected chi connectivity index (χ0v) is 10.7. The molecular formula is C11H21N3O4. The molecule has 2 fully saturated rings. The van der Waals surface area contributed by atoms with Crippen molar-refractivity contribution in [2.24, 2.45) is 0 Å². The van der Waals surface area contributed by atoms with E-state index in [1.54, 1.807) is 7.05 Å². The molecule has 0 radical (unpaired) electrons. The van der Waals surface area contributed by atoms with Gasteiger partial charge in [-0.25, -0.2) is 4.79 Å². The van der Waals surface area contributed by atoms with Gasteiger partial charge in [0.05, 0.1) is 24.3 Å². The van der Waals surface area contributed by atoms with Crippen LogP contribution in [0.4, 0.5) is 4.79 Å². The standard InChI is InChI=1S/C11H21N3O4/c1-12-11(18)13(2)6-5-14-4-3-7(15)8(14)10(17)9(6)16/h6-10,15-17H,3-5H2,1-2H3,(H,12,18)/t6-,7-,8+,9+,10+/m0/s1. The molecule has 7 nitrogen and oxygen atoms in total. The number of nitrogens with one attached hydrogen (secondary N) is 1. The summed E-state index contributed by atoms with van der Waals surface area (Å²) in [7, 11) is 3.11. The van der Waals surface area contributed by atoms with Crippen molar-refractivity contribution in [3.8, 4) is 0 Å². The lowest BCUT2D eigenvalue weighted by molar-refractivity contribution is -0.115. The maximum absolute atomic E-state index is 11.6. The van der Waals surface area contributed by atoms with Crippen LogP contribution in [0.2, 0.25) is 0 Å². The second-order valence-electron chi connectivity index (χ2n) is 5.06. The minimum absolute atomic E-state index is 0.301. The topological polar surface area (TPSA) is 96.3 Å². The van der Waals surface area contributed by atoms with Gasteiger partial charge in [-0.05, 0) is 6.42 Å². The van der Waals surface area contributed by atoms with E-state index < -0.39 is 30.4 Å². The van der Waals surface area contributed by atoms with E-state index in [9.17, 15) is 20.1 Å². The predicted molar refractivity (Wildman–Crippen MR) is 64.0 cm³/mol. The van der Waals surface area contributed by atoms with E-state index in [0.29, 0.717) is 19.5 Å². The number of aliphatic hydroxyl groups excluding tert-OH is 3. The van der Waals surface area contributed by atoms with Crippen LogP contribution in [0, 0.1) is 0 Å². The lowest BCUT2D eigenvalue weighted by Gasteiger charge is -2.45. The molecule has 0 unspecified atom stereocenters. The molecule has 5 atom stereocenters. The largest absolute Gasteiger partial charge is 0.391 e. The average Bonchev–Trinajstić information content (AvgIpc) is 2.73. The van der Waals surface area contributed by atoms with Crippen LogP contribution in [-0.2, 0) is 0 Å². The molecule has 0 spiro atoms. The number of carbonyl (C=O) groups is 1. The Morgan fingerprint density at radius 1 is 1.33 bits per heavy atom. The molecule has 18 heavy (non-hydrogen) atoms. The third kappa shape index (κ3) is 2.07. The molecule has 7 heteroatoms. The van der Waals surface area contributed by atoms with Crippen LogP contribution in [0.15, 0.2) is 0 Å². The number of nitrogens with zero attached hydrogens (tertiary/aromatic N) is 2. The molecule has 0 saturated carbocycles. The highest BCUT2D eigenvalue weighted by molar-refractivity contribution is 5.74. The predicted octanol–water partition coefficient (Wildman–Crippen LogP) is -2.20. The van der Waals surface area contributed by atoms with Crippen molar-refractivity contribution in [1.82, 2.24) is 15.1 Å². The first-order valence-corrected chi connectivity index (χ1v) is 6.20. The Hall–Kier alpha value is -0.890. The molecule has 0 aromatic carbocycles. The zero-order valence-electron chi connectivity index (χ0n) is 10.7.